The quantitative estimate of drug-likeness (QED) is 0.488. The van der Waals surface area contributed by atoms with Gasteiger partial charge in [-0.05, 0) is 61.2 Å². The maximum absolute atomic E-state index is 6.07. The molecule has 2 aromatic carbocycles. The summed E-state index contributed by atoms with van der Waals surface area (Å²) < 4.78 is 2.56. The lowest BCUT2D eigenvalue weighted by molar-refractivity contribution is 0.229. The van der Waals surface area contributed by atoms with Crippen molar-refractivity contribution in [3.63, 3.8) is 0 Å². The van der Waals surface area contributed by atoms with Gasteiger partial charge in [0.25, 0.3) is 0 Å². The van der Waals surface area contributed by atoms with E-state index in [2.05, 4.69) is 42.1 Å². The molecule has 1 atom stereocenters. The molecular formula is C20H18N4S2. The number of benzene rings is 2. The maximum atomic E-state index is 6.07. The summed E-state index contributed by atoms with van der Waals surface area (Å²) in [5, 5.41) is 1.79. The van der Waals surface area contributed by atoms with Crippen molar-refractivity contribution in [2.75, 3.05) is 19.3 Å². The van der Waals surface area contributed by atoms with Gasteiger partial charge in [-0.25, -0.2) is 9.97 Å². The second kappa shape index (κ2) is 5.03. The summed E-state index contributed by atoms with van der Waals surface area (Å²) in [6.07, 6.45) is 2.12. The Bertz CT molecular complexity index is 1220. The highest BCUT2D eigenvalue weighted by atomic mass is 32.1. The number of fused-ring (bicyclic) bond motifs is 6. The van der Waals surface area contributed by atoms with Crippen LogP contribution in [0.1, 0.15) is 27.7 Å². The van der Waals surface area contributed by atoms with Crippen molar-refractivity contribution in [3.8, 4) is 11.1 Å². The molecule has 1 aliphatic heterocycles. The van der Waals surface area contributed by atoms with Crippen LogP contribution in [0.3, 0.4) is 0 Å². The van der Waals surface area contributed by atoms with E-state index in [0.29, 0.717) is 11.2 Å². The van der Waals surface area contributed by atoms with E-state index in [1.807, 2.05) is 0 Å². The van der Waals surface area contributed by atoms with E-state index in [1.54, 1.807) is 22.7 Å². The highest BCUT2D eigenvalue weighted by molar-refractivity contribution is 7.22. The zero-order valence-electron chi connectivity index (χ0n) is 14.7. The Morgan fingerprint density at radius 3 is 3.00 bits per heavy atom. The summed E-state index contributed by atoms with van der Waals surface area (Å²) in [5.41, 5.74) is 15.3. The van der Waals surface area contributed by atoms with Crippen molar-refractivity contribution >= 4 is 48.2 Å². The zero-order chi connectivity index (χ0) is 17.6. The van der Waals surface area contributed by atoms with Gasteiger partial charge in [0.2, 0.25) is 0 Å². The molecule has 2 N–H and O–H groups in total. The third-order valence-corrected chi connectivity index (χ3v) is 7.75. The normalized spacial score (nSPS) is 19.1. The van der Waals surface area contributed by atoms with Crippen LogP contribution in [0.5, 0.6) is 0 Å². The van der Waals surface area contributed by atoms with E-state index in [0.717, 1.165) is 35.4 Å². The smallest absolute Gasteiger partial charge is 0.181 e. The number of hydrogen-bond donors (Lipinski definition) is 1. The van der Waals surface area contributed by atoms with Gasteiger partial charge in [-0.1, -0.05) is 17.4 Å². The number of aryl methyl sites for hydroxylation is 1. The summed E-state index contributed by atoms with van der Waals surface area (Å²) in [6.45, 7) is 3.18. The van der Waals surface area contributed by atoms with E-state index in [4.69, 9.17) is 10.7 Å². The largest absolute Gasteiger partial charge is 0.375 e. The second-order valence-corrected chi connectivity index (χ2v) is 9.61. The van der Waals surface area contributed by atoms with Crippen molar-refractivity contribution in [2.45, 2.75) is 25.8 Å². The van der Waals surface area contributed by atoms with Gasteiger partial charge in [0.05, 0.1) is 25.4 Å². The van der Waals surface area contributed by atoms with E-state index in [-0.39, 0.29) is 0 Å². The Balaban J connectivity index is 1.79. The molecule has 0 unspecified atom stereocenters. The van der Waals surface area contributed by atoms with Crippen molar-refractivity contribution < 1.29 is 0 Å². The van der Waals surface area contributed by atoms with Gasteiger partial charge in [-0.15, -0.1) is 11.3 Å². The third kappa shape index (κ3) is 1.87. The molecule has 0 saturated heterocycles. The fraction of sp³-hybridized carbons (Fsp3) is 0.300. The SMILES string of the molecule is Cc1nc2c3c(ccc2s1)C[C@@H]1c2c-3cc3nc(N)sc3c2CCN1C. The lowest BCUT2D eigenvalue weighted by Crippen LogP contribution is -2.35. The third-order valence-electron chi connectivity index (χ3n) is 5.86. The van der Waals surface area contributed by atoms with Gasteiger partial charge >= 0.3 is 0 Å². The molecule has 3 heterocycles. The van der Waals surface area contributed by atoms with E-state index >= 15 is 0 Å². The molecule has 0 amide bonds. The van der Waals surface area contributed by atoms with Crippen molar-refractivity contribution in [3.05, 3.63) is 39.9 Å². The number of rotatable bonds is 0. The number of nitrogen functional groups attached to an aromatic ring is 1. The molecule has 2 aliphatic rings. The van der Waals surface area contributed by atoms with Gasteiger partial charge < -0.3 is 5.73 Å². The molecule has 4 nitrogen and oxygen atoms in total. The molecule has 6 rings (SSSR count). The first kappa shape index (κ1) is 15.1. The number of nitrogens with two attached hydrogens (primary N) is 1. The van der Waals surface area contributed by atoms with Gasteiger partial charge in [0.1, 0.15) is 0 Å². The zero-order valence-corrected chi connectivity index (χ0v) is 16.3. The molecular weight excluding hydrogens is 360 g/mol. The first-order chi connectivity index (χ1) is 12.6. The van der Waals surface area contributed by atoms with Gasteiger partial charge in [0.15, 0.2) is 5.13 Å². The molecule has 0 fully saturated rings. The number of likely N-dealkylation sites (N-methyl/N-ethyl adjacent to an activating group) is 1. The van der Waals surface area contributed by atoms with Crippen LogP contribution < -0.4 is 5.73 Å². The molecule has 2 aromatic heterocycles. The van der Waals surface area contributed by atoms with Crippen LogP contribution in [0.25, 0.3) is 31.6 Å². The summed E-state index contributed by atoms with van der Waals surface area (Å²) >= 11 is 3.41. The van der Waals surface area contributed by atoms with Crippen LogP contribution in [-0.2, 0) is 12.8 Å². The standard InChI is InChI=1S/C20H18N4S2/c1-9-22-18-15(25-9)4-3-10-7-14-17-11(5-6-24(14)2)19-13(23-20(21)26-19)8-12(17)16(10)18/h3-4,8,14H,5-7H2,1-2H3,(H2,21,23)/t14-/m1/s1. The first-order valence-corrected chi connectivity index (χ1v) is 10.5. The van der Waals surface area contributed by atoms with Gasteiger partial charge in [-0.3, -0.25) is 4.90 Å². The highest BCUT2D eigenvalue weighted by Gasteiger charge is 2.35. The molecule has 130 valence electrons. The number of aromatic nitrogens is 2. The van der Waals surface area contributed by atoms with Crippen molar-refractivity contribution in [1.29, 1.82) is 0 Å². The average Bonchev–Trinajstić information content (AvgIpc) is 3.17. The Morgan fingerprint density at radius 2 is 2.12 bits per heavy atom. The van der Waals surface area contributed by atoms with Crippen LogP contribution in [0.2, 0.25) is 0 Å². The lowest BCUT2D eigenvalue weighted by atomic mass is 9.77. The van der Waals surface area contributed by atoms with Crippen LogP contribution in [0, 0.1) is 6.92 Å². The van der Waals surface area contributed by atoms with Crippen LogP contribution in [-0.4, -0.2) is 28.5 Å². The summed E-state index contributed by atoms with van der Waals surface area (Å²) in [5.74, 6) is 0. The van der Waals surface area contributed by atoms with Gasteiger partial charge in [-0.2, -0.15) is 0 Å². The van der Waals surface area contributed by atoms with E-state index in [9.17, 15) is 0 Å². The van der Waals surface area contributed by atoms with Crippen molar-refractivity contribution in [2.24, 2.45) is 0 Å². The lowest BCUT2D eigenvalue weighted by Gasteiger charge is -2.40. The molecule has 6 heteroatoms. The molecule has 0 saturated carbocycles. The van der Waals surface area contributed by atoms with E-state index in [1.165, 1.54) is 37.2 Å². The minimum Gasteiger partial charge on any atom is -0.375 e. The van der Waals surface area contributed by atoms with E-state index < -0.39 is 0 Å². The molecule has 1 aliphatic carbocycles. The first-order valence-electron chi connectivity index (χ1n) is 8.91. The van der Waals surface area contributed by atoms with Gasteiger partial charge in [0, 0.05) is 18.2 Å². The summed E-state index contributed by atoms with van der Waals surface area (Å²) in [4.78, 5) is 12.0. The number of nitrogens with zero attached hydrogens (tertiary/aromatic N) is 3. The van der Waals surface area contributed by atoms with Crippen LogP contribution in [0.4, 0.5) is 5.13 Å². The maximum Gasteiger partial charge on any atom is 0.181 e. The van der Waals surface area contributed by atoms with Crippen molar-refractivity contribution in [1.82, 2.24) is 14.9 Å². The Morgan fingerprint density at radius 1 is 1.23 bits per heavy atom. The fourth-order valence-corrected chi connectivity index (χ4v) is 6.48. The highest BCUT2D eigenvalue weighted by Crippen LogP contribution is 2.50. The predicted molar refractivity (Wildman–Crippen MR) is 110 cm³/mol. The molecule has 0 radical (unpaired) electrons. The van der Waals surface area contributed by atoms with Crippen LogP contribution >= 0.6 is 22.7 Å². The molecule has 4 aromatic rings. The fourth-order valence-electron chi connectivity index (χ4n) is 4.75. The summed E-state index contributed by atoms with van der Waals surface area (Å²) in [6, 6.07) is 7.25. The Hall–Kier alpha value is -2.02. The Labute approximate surface area is 159 Å². The monoisotopic (exact) mass is 378 g/mol. The Kier molecular flexibility index (Phi) is 2.92. The molecule has 26 heavy (non-hydrogen) atoms. The molecule has 0 spiro atoms. The number of anilines is 1. The van der Waals surface area contributed by atoms with Crippen LogP contribution in [0.15, 0.2) is 18.2 Å². The predicted octanol–water partition coefficient (Wildman–Crippen LogP) is 4.55. The average molecular weight is 379 g/mol. The minimum atomic E-state index is 0.436. The number of thiazole rings is 2. The topological polar surface area (TPSA) is 55.0 Å². The minimum absolute atomic E-state index is 0.436. The second-order valence-electron chi connectivity index (χ2n) is 7.35. The summed E-state index contributed by atoms with van der Waals surface area (Å²) in [7, 11) is 2.25. The number of hydrogen-bond acceptors (Lipinski definition) is 6. The molecule has 0 bridgehead atoms.